The summed E-state index contributed by atoms with van der Waals surface area (Å²) in [6.07, 6.45) is 0. The Labute approximate surface area is 120 Å². The van der Waals surface area contributed by atoms with Gasteiger partial charge in [-0.25, -0.2) is 18.0 Å². The Bertz CT molecular complexity index is 668. The van der Waals surface area contributed by atoms with Gasteiger partial charge in [0.05, 0.1) is 11.3 Å². The zero-order chi connectivity index (χ0) is 14.9. The van der Waals surface area contributed by atoms with E-state index in [2.05, 4.69) is 21.2 Å². The second-order valence-electron chi connectivity index (χ2n) is 3.84. The van der Waals surface area contributed by atoms with Crippen LogP contribution in [0.4, 0.5) is 24.5 Å². The van der Waals surface area contributed by atoms with Crippen molar-refractivity contribution >= 4 is 33.3 Å². The van der Waals surface area contributed by atoms with Crippen LogP contribution in [0, 0.1) is 17.5 Å². The molecular weight excluding hydrogens is 339 g/mol. The number of aromatic carboxylic acids is 1. The third kappa shape index (κ3) is 2.77. The minimum Gasteiger partial charge on any atom is -0.478 e. The van der Waals surface area contributed by atoms with E-state index in [-0.39, 0.29) is 4.47 Å². The van der Waals surface area contributed by atoms with Crippen LogP contribution in [-0.4, -0.2) is 11.1 Å². The number of anilines is 2. The van der Waals surface area contributed by atoms with Crippen LogP contribution in [0.1, 0.15) is 10.4 Å². The van der Waals surface area contributed by atoms with E-state index >= 15 is 0 Å². The molecule has 0 unspecified atom stereocenters. The van der Waals surface area contributed by atoms with Crippen molar-refractivity contribution in [2.75, 3.05) is 5.32 Å². The lowest BCUT2D eigenvalue weighted by Crippen LogP contribution is -2.07. The number of hydrogen-bond donors (Lipinski definition) is 2. The fourth-order valence-electron chi connectivity index (χ4n) is 1.62. The molecule has 0 bridgehead atoms. The molecule has 0 aliphatic rings. The molecule has 0 atom stereocenters. The Kier molecular flexibility index (Phi) is 3.99. The number of carboxylic acid groups (broad SMARTS) is 1. The third-order valence-corrected chi connectivity index (χ3v) is 2.96. The molecule has 0 radical (unpaired) electrons. The van der Waals surface area contributed by atoms with Crippen molar-refractivity contribution in [2.24, 2.45) is 0 Å². The van der Waals surface area contributed by atoms with Crippen molar-refractivity contribution in [1.82, 2.24) is 0 Å². The SMILES string of the molecule is O=C(O)c1cccc(F)c1Nc1c(F)cc(Br)cc1F. The van der Waals surface area contributed by atoms with Crippen LogP contribution in [0.5, 0.6) is 0 Å². The van der Waals surface area contributed by atoms with Crippen molar-refractivity contribution < 1.29 is 23.1 Å². The van der Waals surface area contributed by atoms with E-state index < -0.39 is 40.4 Å². The quantitative estimate of drug-likeness (QED) is 0.871. The van der Waals surface area contributed by atoms with Gasteiger partial charge in [-0.1, -0.05) is 22.0 Å². The molecule has 0 fully saturated rings. The Hall–Kier alpha value is -2.02. The van der Waals surface area contributed by atoms with Gasteiger partial charge in [0, 0.05) is 4.47 Å². The molecule has 0 aromatic heterocycles. The number of hydrogen-bond acceptors (Lipinski definition) is 2. The first kappa shape index (κ1) is 14.4. The summed E-state index contributed by atoms with van der Waals surface area (Å²) in [6, 6.07) is 5.27. The molecule has 7 heteroatoms. The van der Waals surface area contributed by atoms with Gasteiger partial charge < -0.3 is 10.4 Å². The summed E-state index contributed by atoms with van der Waals surface area (Å²) in [5.41, 5.74) is -1.55. The number of nitrogens with one attached hydrogen (secondary N) is 1. The van der Waals surface area contributed by atoms with Gasteiger partial charge >= 0.3 is 5.97 Å². The maximum absolute atomic E-state index is 13.7. The van der Waals surface area contributed by atoms with Gasteiger partial charge in [0.25, 0.3) is 0 Å². The molecule has 2 aromatic rings. The maximum Gasteiger partial charge on any atom is 0.337 e. The highest BCUT2D eigenvalue weighted by Crippen LogP contribution is 2.30. The molecule has 0 saturated carbocycles. The first-order valence-corrected chi connectivity index (χ1v) is 6.13. The highest BCUT2D eigenvalue weighted by Gasteiger charge is 2.18. The van der Waals surface area contributed by atoms with Crippen LogP contribution < -0.4 is 5.32 Å². The van der Waals surface area contributed by atoms with E-state index in [9.17, 15) is 18.0 Å². The number of carbonyl (C=O) groups is 1. The van der Waals surface area contributed by atoms with Crippen molar-refractivity contribution in [3.05, 3.63) is 57.8 Å². The predicted octanol–water partition coefficient (Wildman–Crippen LogP) is 4.31. The Morgan fingerprint density at radius 3 is 2.20 bits per heavy atom. The fraction of sp³-hybridized carbons (Fsp3) is 0. The first-order valence-electron chi connectivity index (χ1n) is 5.33. The average Bonchev–Trinajstić information content (AvgIpc) is 2.34. The van der Waals surface area contributed by atoms with Crippen LogP contribution in [0.15, 0.2) is 34.8 Å². The highest BCUT2D eigenvalue weighted by molar-refractivity contribution is 9.10. The molecule has 104 valence electrons. The van der Waals surface area contributed by atoms with Crippen LogP contribution >= 0.6 is 15.9 Å². The second kappa shape index (κ2) is 5.54. The third-order valence-electron chi connectivity index (χ3n) is 2.50. The summed E-state index contributed by atoms with van der Waals surface area (Å²) in [5.74, 6) is -4.29. The summed E-state index contributed by atoms with van der Waals surface area (Å²) in [6.45, 7) is 0. The van der Waals surface area contributed by atoms with E-state index in [0.717, 1.165) is 24.3 Å². The molecule has 0 aliphatic heterocycles. The zero-order valence-corrected chi connectivity index (χ0v) is 11.3. The molecule has 0 spiro atoms. The van der Waals surface area contributed by atoms with Gasteiger partial charge in [0.2, 0.25) is 0 Å². The van der Waals surface area contributed by atoms with Crippen molar-refractivity contribution in [2.45, 2.75) is 0 Å². The van der Waals surface area contributed by atoms with Crippen LogP contribution in [0.25, 0.3) is 0 Å². The topological polar surface area (TPSA) is 49.3 Å². The summed E-state index contributed by atoms with van der Waals surface area (Å²) in [7, 11) is 0. The van der Waals surface area contributed by atoms with Gasteiger partial charge in [-0.05, 0) is 24.3 Å². The number of rotatable bonds is 3. The Morgan fingerprint density at radius 1 is 1.05 bits per heavy atom. The summed E-state index contributed by atoms with van der Waals surface area (Å²) >= 11 is 2.91. The minimum absolute atomic E-state index is 0.171. The number of para-hydroxylation sites is 1. The largest absolute Gasteiger partial charge is 0.478 e. The molecule has 0 saturated heterocycles. The van der Waals surface area contributed by atoms with Gasteiger partial charge in [-0.15, -0.1) is 0 Å². The lowest BCUT2D eigenvalue weighted by molar-refractivity contribution is 0.0697. The van der Waals surface area contributed by atoms with E-state index in [1.807, 2.05) is 0 Å². The van der Waals surface area contributed by atoms with Crippen molar-refractivity contribution in [3.63, 3.8) is 0 Å². The number of carboxylic acids is 1. The zero-order valence-electron chi connectivity index (χ0n) is 9.75. The molecular formula is C13H7BrF3NO2. The van der Waals surface area contributed by atoms with Crippen LogP contribution in [0.3, 0.4) is 0 Å². The van der Waals surface area contributed by atoms with Crippen molar-refractivity contribution in [3.8, 4) is 0 Å². The normalized spacial score (nSPS) is 10.4. The van der Waals surface area contributed by atoms with Crippen LogP contribution in [0.2, 0.25) is 0 Å². The van der Waals surface area contributed by atoms with E-state index in [4.69, 9.17) is 5.11 Å². The molecule has 0 amide bonds. The molecule has 0 aliphatic carbocycles. The van der Waals surface area contributed by atoms with E-state index in [1.54, 1.807) is 0 Å². The highest BCUT2D eigenvalue weighted by atomic mass is 79.9. The molecule has 2 N–H and O–H groups in total. The Balaban J connectivity index is 2.53. The van der Waals surface area contributed by atoms with E-state index in [0.29, 0.717) is 0 Å². The molecule has 0 heterocycles. The summed E-state index contributed by atoms with van der Waals surface area (Å²) in [4.78, 5) is 11.0. The fourth-order valence-corrected chi connectivity index (χ4v) is 2.02. The van der Waals surface area contributed by atoms with Gasteiger partial charge in [0.15, 0.2) is 11.6 Å². The van der Waals surface area contributed by atoms with E-state index in [1.165, 1.54) is 6.07 Å². The van der Waals surface area contributed by atoms with Crippen LogP contribution in [-0.2, 0) is 0 Å². The standard InChI is InChI=1S/C13H7BrF3NO2/c14-6-4-9(16)12(10(17)5-6)18-11-7(13(19)20)2-1-3-8(11)15/h1-5,18H,(H,19,20). The summed E-state index contributed by atoms with van der Waals surface area (Å²) in [5, 5.41) is 11.1. The molecule has 2 rings (SSSR count). The van der Waals surface area contributed by atoms with Gasteiger partial charge in [0.1, 0.15) is 11.5 Å². The smallest absolute Gasteiger partial charge is 0.337 e. The predicted molar refractivity (Wildman–Crippen MR) is 70.7 cm³/mol. The summed E-state index contributed by atoms with van der Waals surface area (Å²) < 4.78 is 41.1. The lowest BCUT2D eigenvalue weighted by atomic mass is 10.1. The monoisotopic (exact) mass is 345 g/mol. The first-order chi connectivity index (χ1) is 9.40. The van der Waals surface area contributed by atoms with Crippen molar-refractivity contribution in [1.29, 1.82) is 0 Å². The Morgan fingerprint density at radius 2 is 1.65 bits per heavy atom. The lowest BCUT2D eigenvalue weighted by Gasteiger charge is -2.12. The van der Waals surface area contributed by atoms with Gasteiger partial charge in [-0.2, -0.15) is 0 Å². The number of benzene rings is 2. The molecule has 20 heavy (non-hydrogen) atoms. The molecule has 3 nitrogen and oxygen atoms in total. The van der Waals surface area contributed by atoms with Gasteiger partial charge in [-0.3, -0.25) is 0 Å². The maximum atomic E-state index is 13.7. The molecule has 2 aromatic carbocycles. The minimum atomic E-state index is -1.41. The average molecular weight is 346 g/mol. The second-order valence-corrected chi connectivity index (χ2v) is 4.75. The number of halogens is 4.